The second kappa shape index (κ2) is 9.37. The number of nitrogens with one attached hydrogen (secondary N) is 1. The van der Waals surface area contributed by atoms with E-state index in [-0.39, 0.29) is 5.91 Å². The Morgan fingerprint density at radius 1 is 1.35 bits per heavy atom. The van der Waals surface area contributed by atoms with Gasteiger partial charge in [-0.25, -0.2) is 0 Å². The maximum absolute atomic E-state index is 11.9. The topological polar surface area (TPSA) is 64.3 Å². The van der Waals surface area contributed by atoms with Crippen LogP contribution in [0, 0.1) is 0 Å². The van der Waals surface area contributed by atoms with Crippen molar-refractivity contribution >= 4 is 5.91 Å². The van der Waals surface area contributed by atoms with Crippen LogP contribution in [-0.2, 0) is 11.2 Å². The minimum Gasteiger partial charge on any atom is -0.481 e. The quantitative estimate of drug-likeness (QED) is 0.681. The maximum Gasteiger partial charge on any atom is 0.260 e. The third kappa shape index (κ3) is 5.61. The molecule has 3 N–H and O–H groups in total. The summed E-state index contributed by atoms with van der Waals surface area (Å²) >= 11 is 0. The van der Waals surface area contributed by atoms with E-state index in [4.69, 9.17) is 10.5 Å². The van der Waals surface area contributed by atoms with Crippen LogP contribution in [0.5, 0.6) is 5.75 Å². The van der Waals surface area contributed by atoms with Gasteiger partial charge >= 0.3 is 0 Å². The van der Waals surface area contributed by atoms with E-state index in [1.807, 2.05) is 24.3 Å². The van der Waals surface area contributed by atoms with E-state index < -0.39 is 6.10 Å². The summed E-state index contributed by atoms with van der Waals surface area (Å²) in [6, 6.07) is 7.72. The van der Waals surface area contributed by atoms with Gasteiger partial charge in [-0.15, -0.1) is 0 Å². The Morgan fingerprint density at radius 3 is 2.80 bits per heavy atom. The average Bonchev–Trinajstić information content (AvgIpc) is 2.45. The van der Waals surface area contributed by atoms with Gasteiger partial charge in [0.15, 0.2) is 6.10 Å². The van der Waals surface area contributed by atoms with E-state index in [9.17, 15) is 4.79 Å². The van der Waals surface area contributed by atoms with Crippen LogP contribution in [0.2, 0.25) is 0 Å². The number of rotatable bonds is 9. The second-order valence-electron chi connectivity index (χ2n) is 4.90. The molecule has 0 aliphatic heterocycles. The lowest BCUT2D eigenvalue weighted by atomic mass is 10.1. The van der Waals surface area contributed by atoms with Crippen molar-refractivity contribution in [2.24, 2.45) is 5.73 Å². The fourth-order valence-electron chi connectivity index (χ4n) is 1.96. The van der Waals surface area contributed by atoms with E-state index in [0.29, 0.717) is 13.1 Å². The molecule has 0 aromatic heterocycles. The van der Waals surface area contributed by atoms with E-state index >= 15 is 0 Å². The number of carbonyl (C=O) groups is 1. The standard InChI is InChI=1S/C16H26N2O2/c1-3-4-7-12-18-16(19)13(2)20-15-9-6-5-8-14(15)10-11-17/h5-6,8-9,13H,3-4,7,10-12,17H2,1-2H3,(H,18,19). The molecule has 0 saturated carbocycles. The molecule has 20 heavy (non-hydrogen) atoms. The number of hydrogen-bond acceptors (Lipinski definition) is 3. The SMILES string of the molecule is CCCCCNC(=O)C(C)Oc1ccccc1CCN. The van der Waals surface area contributed by atoms with E-state index in [2.05, 4.69) is 12.2 Å². The monoisotopic (exact) mass is 278 g/mol. The molecule has 0 spiro atoms. The Balaban J connectivity index is 2.48. The number of carbonyl (C=O) groups excluding carboxylic acids is 1. The molecule has 0 aliphatic carbocycles. The van der Waals surface area contributed by atoms with Crippen LogP contribution in [-0.4, -0.2) is 25.1 Å². The van der Waals surface area contributed by atoms with Crippen LogP contribution >= 0.6 is 0 Å². The zero-order valence-corrected chi connectivity index (χ0v) is 12.5. The van der Waals surface area contributed by atoms with Crippen LogP contribution < -0.4 is 15.8 Å². The fourth-order valence-corrected chi connectivity index (χ4v) is 1.96. The Labute approximate surface area is 121 Å². The summed E-state index contributed by atoms with van der Waals surface area (Å²) in [5.41, 5.74) is 6.62. The van der Waals surface area contributed by atoms with E-state index in [1.165, 1.54) is 0 Å². The molecule has 112 valence electrons. The lowest BCUT2D eigenvalue weighted by Crippen LogP contribution is -2.37. The van der Waals surface area contributed by atoms with Crippen molar-refractivity contribution in [1.82, 2.24) is 5.32 Å². The molecule has 1 aromatic rings. The number of nitrogens with two attached hydrogens (primary N) is 1. The van der Waals surface area contributed by atoms with Gasteiger partial charge in [0.2, 0.25) is 0 Å². The fraction of sp³-hybridized carbons (Fsp3) is 0.562. The van der Waals surface area contributed by atoms with E-state index in [0.717, 1.165) is 37.0 Å². The highest BCUT2D eigenvalue weighted by molar-refractivity contribution is 5.80. The van der Waals surface area contributed by atoms with Crippen LogP contribution in [0.25, 0.3) is 0 Å². The Hall–Kier alpha value is -1.55. The number of para-hydroxylation sites is 1. The molecule has 0 fully saturated rings. The lowest BCUT2D eigenvalue weighted by molar-refractivity contribution is -0.127. The summed E-state index contributed by atoms with van der Waals surface area (Å²) in [5.74, 6) is 0.679. The van der Waals surface area contributed by atoms with E-state index in [1.54, 1.807) is 6.92 Å². The highest BCUT2D eigenvalue weighted by Crippen LogP contribution is 2.19. The average molecular weight is 278 g/mol. The van der Waals surface area contributed by atoms with Crippen molar-refractivity contribution in [3.05, 3.63) is 29.8 Å². The van der Waals surface area contributed by atoms with Crippen molar-refractivity contribution < 1.29 is 9.53 Å². The molecule has 1 unspecified atom stereocenters. The summed E-state index contributed by atoms with van der Waals surface area (Å²) in [6.07, 6.45) is 3.55. The first kappa shape index (κ1) is 16.5. The molecular formula is C16H26N2O2. The largest absolute Gasteiger partial charge is 0.481 e. The lowest BCUT2D eigenvalue weighted by Gasteiger charge is -2.17. The van der Waals surface area contributed by atoms with Crippen molar-refractivity contribution in [3.63, 3.8) is 0 Å². The van der Waals surface area contributed by atoms with Gasteiger partial charge in [0.25, 0.3) is 5.91 Å². The predicted molar refractivity (Wildman–Crippen MR) is 81.8 cm³/mol. The zero-order chi connectivity index (χ0) is 14.8. The third-order valence-corrected chi connectivity index (χ3v) is 3.14. The normalized spacial score (nSPS) is 11.9. The zero-order valence-electron chi connectivity index (χ0n) is 12.5. The molecule has 4 nitrogen and oxygen atoms in total. The summed E-state index contributed by atoms with van der Waals surface area (Å²) in [6.45, 7) is 5.19. The second-order valence-corrected chi connectivity index (χ2v) is 4.90. The molecule has 1 rings (SSSR count). The Morgan fingerprint density at radius 2 is 2.10 bits per heavy atom. The van der Waals surface area contributed by atoms with Crippen molar-refractivity contribution in [3.8, 4) is 5.75 Å². The predicted octanol–water partition coefficient (Wildman–Crippen LogP) is 2.26. The molecule has 1 amide bonds. The summed E-state index contributed by atoms with van der Waals surface area (Å²) in [7, 11) is 0. The summed E-state index contributed by atoms with van der Waals surface area (Å²) < 4.78 is 5.75. The van der Waals surface area contributed by atoms with Gasteiger partial charge in [0.05, 0.1) is 0 Å². The van der Waals surface area contributed by atoms with Crippen LogP contribution in [0.3, 0.4) is 0 Å². The molecule has 4 heteroatoms. The highest BCUT2D eigenvalue weighted by Gasteiger charge is 2.15. The molecule has 0 saturated heterocycles. The van der Waals surface area contributed by atoms with Gasteiger partial charge in [-0.05, 0) is 37.9 Å². The van der Waals surface area contributed by atoms with Gasteiger partial charge in [-0.2, -0.15) is 0 Å². The van der Waals surface area contributed by atoms with Gasteiger partial charge in [0.1, 0.15) is 5.75 Å². The molecule has 0 radical (unpaired) electrons. The minimum atomic E-state index is -0.490. The minimum absolute atomic E-state index is 0.0661. The summed E-state index contributed by atoms with van der Waals surface area (Å²) in [4.78, 5) is 11.9. The molecular weight excluding hydrogens is 252 g/mol. The molecule has 0 bridgehead atoms. The smallest absolute Gasteiger partial charge is 0.260 e. The van der Waals surface area contributed by atoms with Gasteiger partial charge in [0, 0.05) is 6.54 Å². The number of benzene rings is 1. The van der Waals surface area contributed by atoms with Crippen molar-refractivity contribution in [1.29, 1.82) is 0 Å². The first-order chi connectivity index (χ1) is 9.69. The van der Waals surface area contributed by atoms with Gasteiger partial charge < -0.3 is 15.8 Å². The molecule has 0 aliphatic rings. The van der Waals surface area contributed by atoms with Gasteiger partial charge in [-0.3, -0.25) is 4.79 Å². The first-order valence-electron chi connectivity index (χ1n) is 7.41. The molecule has 0 heterocycles. The highest BCUT2D eigenvalue weighted by atomic mass is 16.5. The van der Waals surface area contributed by atoms with Gasteiger partial charge in [-0.1, -0.05) is 38.0 Å². The van der Waals surface area contributed by atoms with Crippen molar-refractivity contribution in [2.75, 3.05) is 13.1 Å². The number of unbranched alkanes of at least 4 members (excludes halogenated alkanes) is 2. The number of amides is 1. The van der Waals surface area contributed by atoms with Crippen LogP contribution in [0.4, 0.5) is 0 Å². The maximum atomic E-state index is 11.9. The molecule has 1 aromatic carbocycles. The van der Waals surface area contributed by atoms with Crippen molar-refractivity contribution in [2.45, 2.75) is 45.6 Å². The van der Waals surface area contributed by atoms with Crippen LogP contribution in [0.1, 0.15) is 38.7 Å². The molecule has 1 atom stereocenters. The van der Waals surface area contributed by atoms with Crippen LogP contribution in [0.15, 0.2) is 24.3 Å². The number of hydrogen-bond donors (Lipinski definition) is 2. The Bertz CT molecular complexity index is 407. The summed E-state index contributed by atoms with van der Waals surface area (Å²) in [5, 5.41) is 2.90. The first-order valence-corrected chi connectivity index (χ1v) is 7.41. The third-order valence-electron chi connectivity index (χ3n) is 3.14. The number of ether oxygens (including phenoxy) is 1. The Kier molecular flexibility index (Phi) is 7.73.